The summed E-state index contributed by atoms with van der Waals surface area (Å²) in [5.41, 5.74) is 2.76. The minimum Gasteiger partial charge on any atom is -0.304 e. The van der Waals surface area contributed by atoms with Crippen molar-refractivity contribution in [3.05, 3.63) is 41.5 Å². The molecule has 0 aliphatic carbocycles. The van der Waals surface area contributed by atoms with Crippen LogP contribution in [0.4, 0.5) is 5.69 Å². The second kappa shape index (κ2) is 6.95. The van der Waals surface area contributed by atoms with Crippen LogP contribution in [0.25, 0.3) is 10.8 Å². The third kappa shape index (κ3) is 2.85. The summed E-state index contributed by atoms with van der Waals surface area (Å²) in [6, 6.07) is 9.41. The molecule has 0 saturated carbocycles. The van der Waals surface area contributed by atoms with Gasteiger partial charge in [0.2, 0.25) is 11.8 Å². The average Bonchev–Trinajstić information content (AvgIpc) is 3.02. The van der Waals surface area contributed by atoms with Gasteiger partial charge in [-0.3, -0.25) is 24.6 Å². The number of anilines is 1. The Hall–Kier alpha value is -2.73. The van der Waals surface area contributed by atoms with E-state index in [4.69, 9.17) is 0 Å². The van der Waals surface area contributed by atoms with Crippen molar-refractivity contribution in [1.29, 1.82) is 0 Å². The van der Waals surface area contributed by atoms with Gasteiger partial charge >= 0.3 is 0 Å². The summed E-state index contributed by atoms with van der Waals surface area (Å²) >= 11 is 0. The zero-order valence-electron chi connectivity index (χ0n) is 16.6. The molecule has 3 amide bonds. The standard InChI is InChI=1S/C23H25N3O3/c1-2-25-12-10-14(11-13-25)15-6-7-18-21-16(15)4-3-5-17(21)23(29)26(18)19-8-9-20(27)24-22(19)28/h3-7,14,19H,2,8-13H2,1H3,(H,24,27,28). The molecule has 5 rings (SSSR count). The first-order valence-corrected chi connectivity index (χ1v) is 10.5. The van der Waals surface area contributed by atoms with Crippen LogP contribution >= 0.6 is 0 Å². The number of nitrogens with zero attached hydrogens (tertiary/aromatic N) is 2. The number of hydrogen-bond donors (Lipinski definition) is 1. The van der Waals surface area contributed by atoms with Crippen molar-refractivity contribution in [2.75, 3.05) is 24.5 Å². The summed E-state index contributed by atoms with van der Waals surface area (Å²) in [6.45, 7) is 5.50. The Morgan fingerprint density at radius 3 is 2.55 bits per heavy atom. The highest BCUT2D eigenvalue weighted by molar-refractivity contribution is 6.27. The summed E-state index contributed by atoms with van der Waals surface area (Å²) in [5.74, 6) is -0.305. The quantitative estimate of drug-likeness (QED) is 0.817. The van der Waals surface area contributed by atoms with E-state index in [1.54, 1.807) is 4.90 Å². The molecule has 3 heterocycles. The van der Waals surface area contributed by atoms with Crippen LogP contribution in [0, 0.1) is 0 Å². The Bertz CT molecular complexity index is 1020. The molecule has 0 spiro atoms. The number of likely N-dealkylation sites (tertiary alicyclic amines) is 1. The van der Waals surface area contributed by atoms with Crippen molar-refractivity contribution >= 4 is 34.2 Å². The van der Waals surface area contributed by atoms with Gasteiger partial charge in [-0.25, -0.2) is 0 Å². The topological polar surface area (TPSA) is 69.7 Å². The largest absolute Gasteiger partial charge is 0.304 e. The van der Waals surface area contributed by atoms with Gasteiger partial charge in [-0.05, 0) is 67.9 Å². The van der Waals surface area contributed by atoms with E-state index in [0.717, 1.165) is 48.9 Å². The van der Waals surface area contributed by atoms with Crippen molar-refractivity contribution < 1.29 is 14.4 Å². The van der Waals surface area contributed by atoms with E-state index in [0.29, 0.717) is 17.9 Å². The Morgan fingerprint density at radius 1 is 1.03 bits per heavy atom. The second-order valence-corrected chi connectivity index (χ2v) is 8.25. The Morgan fingerprint density at radius 2 is 1.83 bits per heavy atom. The van der Waals surface area contributed by atoms with Crippen LogP contribution < -0.4 is 10.2 Å². The molecular formula is C23H25N3O3. The van der Waals surface area contributed by atoms with Crippen molar-refractivity contribution in [1.82, 2.24) is 10.2 Å². The molecule has 2 aromatic carbocycles. The van der Waals surface area contributed by atoms with Gasteiger partial charge in [0.25, 0.3) is 5.91 Å². The summed E-state index contributed by atoms with van der Waals surface area (Å²) in [7, 11) is 0. The molecule has 1 N–H and O–H groups in total. The third-order valence-corrected chi connectivity index (χ3v) is 6.76. The van der Waals surface area contributed by atoms with E-state index >= 15 is 0 Å². The number of carbonyl (C=O) groups is 3. The first kappa shape index (κ1) is 18.3. The summed E-state index contributed by atoms with van der Waals surface area (Å²) in [4.78, 5) is 41.3. The predicted molar refractivity (Wildman–Crippen MR) is 111 cm³/mol. The van der Waals surface area contributed by atoms with Crippen LogP contribution in [0.2, 0.25) is 0 Å². The van der Waals surface area contributed by atoms with Crippen LogP contribution in [-0.2, 0) is 9.59 Å². The molecule has 0 bridgehead atoms. The van der Waals surface area contributed by atoms with Gasteiger partial charge in [-0.1, -0.05) is 25.1 Å². The second-order valence-electron chi connectivity index (χ2n) is 8.25. The fourth-order valence-corrected chi connectivity index (χ4v) is 5.18. The van der Waals surface area contributed by atoms with E-state index < -0.39 is 6.04 Å². The van der Waals surface area contributed by atoms with Gasteiger partial charge in [0, 0.05) is 17.4 Å². The molecule has 2 fully saturated rings. The first-order valence-electron chi connectivity index (χ1n) is 10.5. The summed E-state index contributed by atoms with van der Waals surface area (Å²) in [5, 5.41) is 4.46. The van der Waals surface area contributed by atoms with Crippen molar-refractivity contribution in [2.45, 2.75) is 44.6 Å². The fourth-order valence-electron chi connectivity index (χ4n) is 5.18. The maximum absolute atomic E-state index is 13.2. The lowest BCUT2D eigenvalue weighted by molar-refractivity contribution is -0.134. The van der Waals surface area contributed by atoms with E-state index in [-0.39, 0.29) is 24.1 Å². The molecule has 2 saturated heterocycles. The molecule has 150 valence electrons. The zero-order chi connectivity index (χ0) is 20.1. The van der Waals surface area contributed by atoms with E-state index in [1.807, 2.05) is 18.2 Å². The van der Waals surface area contributed by atoms with Crippen molar-refractivity contribution in [3.8, 4) is 0 Å². The van der Waals surface area contributed by atoms with Gasteiger partial charge in [0.15, 0.2) is 0 Å². The lowest BCUT2D eigenvalue weighted by atomic mass is 9.85. The SMILES string of the molecule is CCN1CCC(c2ccc3c4c(cccc24)C(=O)N3C2CCC(=O)NC2=O)CC1. The molecule has 29 heavy (non-hydrogen) atoms. The molecule has 2 aromatic rings. The molecule has 3 aliphatic rings. The number of imide groups is 1. The first-order chi connectivity index (χ1) is 14.1. The molecular weight excluding hydrogens is 366 g/mol. The Kier molecular flexibility index (Phi) is 4.39. The molecule has 1 atom stereocenters. The zero-order valence-corrected chi connectivity index (χ0v) is 16.6. The van der Waals surface area contributed by atoms with Crippen LogP contribution in [0.15, 0.2) is 30.3 Å². The average molecular weight is 391 g/mol. The van der Waals surface area contributed by atoms with Crippen LogP contribution in [0.1, 0.15) is 54.4 Å². The van der Waals surface area contributed by atoms with Gasteiger partial charge in [0.1, 0.15) is 6.04 Å². The molecule has 3 aliphatic heterocycles. The predicted octanol–water partition coefficient (Wildman–Crippen LogP) is 2.80. The van der Waals surface area contributed by atoms with E-state index in [2.05, 4.69) is 29.3 Å². The lowest BCUT2D eigenvalue weighted by Crippen LogP contribution is -2.53. The highest BCUT2D eigenvalue weighted by atomic mass is 16.2. The monoisotopic (exact) mass is 391 g/mol. The molecule has 6 nitrogen and oxygen atoms in total. The van der Waals surface area contributed by atoms with Crippen molar-refractivity contribution in [3.63, 3.8) is 0 Å². The van der Waals surface area contributed by atoms with Gasteiger partial charge in [-0.2, -0.15) is 0 Å². The summed E-state index contributed by atoms with van der Waals surface area (Å²) < 4.78 is 0. The third-order valence-electron chi connectivity index (χ3n) is 6.76. The van der Waals surface area contributed by atoms with Gasteiger partial charge in [-0.15, -0.1) is 0 Å². The highest BCUT2D eigenvalue weighted by Crippen LogP contribution is 2.43. The van der Waals surface area contributed by atoms with Crippen LogP contribution in [0.5, 0.6) is 0 Å². The normalized spacial score (nSPS) is 23.1. The minimum atomic E-state index is -0.630. The fraction of sp³-hybridized carbons (Fsp3) is 0.435. The minimum absolute atomic E-state index is 0.141. The smallest absolute Gasteiger partial charge is 0.259 e. The lowest BCUT2D eigenvalue weighted by Gasteiger charge is -2.32. The molecule has 6 heteroatoms. The Balaban J connectivity index is 1.55. The molecule has 0 aromatic heterocycles. The number of hydrogen-bond acceptors (Lipinski definition) is 4. The number of carbonyl (C=O) groups excluding carboxylic acids is 3. The maximum atomic E-state index is 13.2. The number of nitrogens with one attached hydrogen (secondary N) is 1. The summed E-state index contributed by atoms with van der Waals surface area (Å²) in [6.07, 6.45) is 2.87. The number of amides is 3. The van der Waals surface area contributed by atoms with Crippen LogP contribution in [0.3, 0.4) is 0 Å². The number of piperidine rings is 2. The van der Waals surface area contributed by atoms with Crippen molar-refractivity contribution in [2.24, 2.45) is 0 Å². The number of benzene rings is 2. The molecule has 0 radical (unpaired) electrons. The molecule has 1 unspecified atom stereocenters. The van der Waals surface area contributed by atoms with Gasteiger partial charge in [0.05, 0.1) is 5.69 Å². The maximum Gasteiger partial charge on any atom is 0.259 e. The van der Waals surface area contributed by atoms with E-state index in [1.165, 1.54) is 5.56 Å². The van der Waals surface area contributed by atoms with Crippen LogP contribution in [-0.4, -0.2) is 48.3 Å². The van der Waals surface area contributed by atoms with Gasteiger partial charge < -0.3 is 4.90 Å². The van der Waals surface area contributed by atoms with E-state index in [9.17, 15) is 14.4 Å². The number of rotatable bonds is 3. The Labute approximate surface area is 169 Å². The highest BCUT2D eigenvalue weighted by Gasteiger charge is 2.41.